The summed E-state index contributed by atoms with van der Waals surface area (Å²) in [7, 11) is 1.30. The minimum Gasteiger partial charge on any atom is -0.495 e. The average Bonchev–Trinajstić information content (AvgIpc) is 2.67. The quantitative estimate of drug-likeness (QED) is 0.406. The van der Waals surface area contributed by atoms with Gasteiger partial charge in [-0.1, -0.05) is 0 Å². The van der Waals surface area contributed by atoms with Crippen molar-refractivity contribution in [1.29, 1.82) is 0 Å². The predicted molar refractivity (Wildman–Crippen MR) is 96.3 cm³/mol. The summed E-state index contributed by atoms with van der Waals surface area (Å²) in [5.74, 6) is -2.16. The van der Waals surface area contributed by atoms with Gasteiger partial charge in [-0.15, -0.1) is 13.2 Å². The van der Waals surface area contributed by atoms with Crippen molar-refractivity contribution < 1.29 is 41.9 Å². The van der Waals surface area contributed by atoms with Gasteiger partial charge in [0.25, 0.3) is 11.6 Å². The maximum Gasteiger partial charge on any atom is 0.573 e. The lowest BCUT2D eigenvalue weighted by atomic mass is 10.2. The van der Waals surface area contributed by atoms with Crippen molar-refractivity contribution in [1.82, 2.24) is 0 Å². The Morgan fingerprint density at radius 1 is 1.13 bits per heavy atom. The highest BCUT2D eigenvalue weighted by molar-refractivity contribution is 5.98. The van der Waals surface area contributed by atoms with Gasteiger partial charge in [-0.05, 0) is 37.3 Å². The zero-order chi connectivity index (χ0) is 22.5. The van der Waals surface area contributed by atoms with Gasteiger partial charge in [-0.2, -0.15) is 0 Å². The highest BCUT2D eigenvalue weighted by Gasteiger charge is 2.31. The fraction of sp³-hybridized carbons (Fsp3) is 0.222. The number of hydrogen-bond donors (Lipinski definition) is 1. The number of methoxy groups -OCH3 is 1. The first-order valence-electron chi connectivity index (χ1n) is 8.20. The van der Waals surface area contributed by atoms with Crippen LogP contribution < -0.4 is 14.8 Å². The number of nitro groups is 1. The first kappa shape index (κ1) is 22.5. The molecule has 0 aromatic heterocycles. The van der Waals surface area contributed by atoms with Crippen LogP contribution in [0, 0.1) is 10.1 Å². The minimum absolute atomic E-state index is 0.00625. The van der Waals surface area contributed by atoms with Crippen LogP contribution in [0.4, 0.5) is 24.5 Å². The van der Waals surface area contributed by atoms with Gasteiger partial charge in [-0.3, -0.25) is 14.9 Å². The predicted octanol–water partition coefficient (Wildman–Crippen LogP) is 3.69. The van der Waals surface area contributed by atoms with E-state index in [-0.39, 0.29) is 22.7 Å². The minimum atomic E-state index is -4.87. The van der Waals surface area contributed by atoms with E-state index in [2.05, 4.69) is 10.1 Å². The second-order valence-corrected chi connectivity index (χ2v) is 5.75. The molecule has 0 aliphatic carbocycles. The fourth-order valence-corrected chi connectivity index (χ4v) is 2.22. The Morgan fingerprint density at radius 3 is 2.30 bits per heavy atom. The number of halogens is 3. The van der Waals surface area contributed by atoms with Crippen LogP contribution in [0.5, 0.6) is 11.5 Å². The van der Waals surface area contributed by atoms with Crippen LogP contribution in [0.1, 0.15) is 17.3 Å². The maximum absolute atomic E-state index is 12.3. The van der Waals surface area contributed by atoms with Gasteiger partial charge < -0.3 is 19.5 Å². The maximum atomic E-state index is 12.3. The van der Waals surface area contributed by atoms with E-state index in [0.29, 0.717) is 0 Å². The highest BCUT2D eigenvalue weighted by Crippen LogP contribution is 2.29. The van der Waals surface area contributed by atoms with Crippen LogP contribution in [0.15, 0.2) is 42.5 Å². The van der Waals surface area contributed by atoms with Crippen molar-refractivity contribution in [3.63, 3.8) is 0 Å². The molecule has 0 heterocycles. The van der Waals surface area contributed by atoms with E-state index in [0.717, 1.165) is 30.3 Å². The summed E-state index contributed by atoms with van der Waals surface area (Å²) in [5.41, 5.74) is -0.415. The Bertz CT molecular complexity index is 946. The van der Waals surface area contributed by atoms with Gasteiger partial charge in [0.1, 0.15) is 11.5 Å². The summed E-state index contributed by atoms with van der Waals surface area (Å²) in [4.78, 5) is 34.6. The standard InChI is InChI=1S/C18H15F3N2O7/c1-10(16(24)22-14-9-12(23(26)27)5-8-15(14)28-2)29-17(25)11-3-6-13(7-4-11)30-18(19,20)21/h3-10H,1-2H3,(H,22,24). The van der Waals surface area contributed by atoms with Gasteiger partial charge in [0.2, 0.25) is 0 Å². The topological polar surface area (TPSA) is 117 Å². The number of nitrogens with one attached hydrogen (secondary N) is 1. The summed E-state index contributed by atoms with van der Waals surface area (Å²) in [6, 6.07) is 7.46. The Labute approximate surface area is 167 Å². The number of rotatable bonds is 7. The molecule has 0 saturated carbocycles. The van der Waals surface area contributed by atoms with Gasteiger partial charge in [0.05, 0.1) is 23.3 Å². The molecule has 160 valence electrons. The van der Waals surface area contributed by atoms with E-state index < -0.39 is 35.0 Å². The second kappa shape index (κ2) is 9.11. The number of alkyl halides is 3. The average molecular weight is 428 g/mol. The number of nitrogens with zero attached hydrogens (tertiary/aromatic N) is 1. The molecule has 1 atom stereocenters. The molecule has 12 heteroatoms. The normalized spacial score (nSPS) is 11.9. The van der Waals surface area contributed by atoms with Crippen molar-refractivity contribution in [3.8, 4) is 11.5 Å². The van der Waals surface area contributed by atoms with E-state index >= 15 is 0 Å². The Balaban J connectivity index is 2.04. The van der Waals surface area contributed by atoms with Gasteiger partial charge in [-0.25, -0.2) is 4.79 Å². The number of amides is 1. The van der Waals surface area contributed by atoms with E-state index in [1.54, 1.807) is 0 Å². The first-order valence-corrected chi connectivity index (χ1v) is 8.20. The van der Waals surface area contributed by atoms with Gasteiger partial charge >= 0.3 is 12.3 Å². The third kappa shape index (κ3) is 6.09. The number of carbonyl (C=O) groups is 2. The number of anilines is 1. The summed E-state index contributed by atoms with van der Waals surface area (Å²) < 4.78 is 50.2. The summed E-state index contributed by atoms with van der Waals surface area (Å²) in [5, 5.41) is 13.2. The molecule has 1 amide bonds. The number of ether oxygens (including phenoxy) is 3. The summed E-state index contributed by atoms with van der Waals surface area (Å²) in [6.07, 6.45) is -6.20. The molecule has 2 rings (SSSR count). The molecule has 2 aromatic carbocycles. The molecule has 1 N–H and O–H groups in total. The third-order valence-corrected chi connectivity index (χ3v) is 3.63. The van der Waals surface area contributed by atoms with Crippen molar-refractivity contribution in [2.24, 2.45) is 0 Å². The fourth-order valence-electron chi connectivity index (χ4n) is 2.22. The molecule has 30 heavy (non-hydrogen) atoms. The molecular weight excluding hydrogens is 413 g/mol. The van der Waals surface area contributed by atoms with Crippen molar-refractivity contribution in [3.05, 3.63) is 58.1 Å². The van der Waals surface area contributed by atoms with Crippen LogP contribution in [0.2, 0.25) is 0 Å². The molecule has 0 bridgehead atoms. The SMILES string of the molecule is COc1ccc([N+](=O)[O-])cc1NC(=O)C(C)OC(=O)c1ccc(OC(F)(F)F)cc1. The molecule has 9 nitrogen and oxygen atoms in total. The molecule has 1 unspecified atom stereocenters. The molecule has 0 aliphatic rings. The van der Waals surface area contributed by atoms with E-state index in [1.807, 2.05) is 0 Å². The Kier molecular flexibility index (Phi) is 6.82. The van der Waals surface area contributed by atoms with Gasteiger partial charge in [0.15, 0.2) is 6.10 Å². The highest BCUT2D eigenvalue weighted by atomic mass is 19.4. The lowest BCUT2D eigenvalue weighted by Crippen LogP contribution is -2.30. The number of nitro benzene ring substituents is 1. The molecule has 0 spiro atoms. The number of hydrogen-bond acceptors (Lipinski definition) is 7. The van der Waals surface area contributed by atoms with Crippen LogP contribution in [-0.4, -0.2) is 36.4 Å². The van der Waals surface area contributed by atoms with Crippen molar-refractivity contribution >= 4 is 23.3 Å². The number of non-ortho nitro benzene ring substituents is 1. The van der Waals surface area contributed by atoms with Crippen molar-refractivity contribution in [2.75, 3.05) is 12.4 Å². The van der Waals surface area contributed by atoms with Crippen LogP contribution in [0.25, 0.3) is 0 Å². The zero-order valence-corrected chi connectivity index (χ0v) is 15.6. The Hall–Kier alpha value is -3.83. The second-order valence-electron chi connectivity index (χ2n) is 5.75. The largest absolute Gasteiger partial charge is 0.573 e. The molecule has 0 aliphatic heterocycles. The lowest BCUT2D eigenvalue weighted by Gasteiger charge is -2.15. The molecule has 2 aromatic rings. The van der Waals surface area contributed by atoms with E-state index in [9.17, 15) is 32.9 Å². The third-order valence-electron chi connectivity index (χ3n) is 3.63. The number of esters is 1. The van der Waals surface area contributed by atoms with Crippen LogP contribution in [-0.2, 0) is 9.53 Å². The summed E-state index contributed by atoms with van der Waals surface area (Å²) in [6.45, 7) is 1.25. The lowest BCUT2D eigenvalue weighted by molar-refractivity contribution is -0.384. The molecule has 0 fully saturated rings. The van der Waals surface area contributed by atoms with E-state index in [4.69, 9.17) is 9.47 Å². The monoisotopic (exact) mass is 428 g/mol. The smallest absolute Gasteiger partial charge is 0.495 e. The molecular formula is C18H15F3N2O7. The van der Waals surface area contributed by atoms with Gasteiger partial charge in [0, 0.05) is 12.1 Å². The number of carbonyl (C=O) groups excluding carboxylic acids is 2. The Morgan fingerprint density at radius 2 is 1.77 bits per heavy atom. The van der Waals surface area contributed by atoms with Crippen molar-refractivity contribution in [2.45, 2.75) is 19.4 Å². The molecule has 0 saturated heterocycles. The number of benzene rings is 2. The van der Waals surface area contributed by atoms with E-state index in [1.165, 1.54) is 26.2 Å². The molecule has 0 radical (unpaired) electrons. The zero-order valence-electron chi connectivity index (χ0n) is 15.6. The van der Waals surface area contributed by atoms with Crippen LogP contribution in [0.3, 0.4) is 0 Å². The van der Waals surface area contributed by atoms with Crippen LogP contribution >= 0.6 is 0 Å². The first-order chi connectivity index (χ1) is 14.0. The summed E-state index contributed by atoms with van der Waals surface area (Å²) >= 11 is 0.